The molecule has 1 aliphatic rings. The number of carboxylic acid groups (broad SMARTS) is 1. The van der Waals surface area contributed by atoms with Crippen molar-refractivity contribution in [1.29, 1.82) is 0 Å². The molecule has 3 rings (SSSR count). The minimum atomic E-state index is -3.85. The van der Waals surface area contributed by atoms with Crippen molar-refractivity contribution in [3.8, 4) is 5.69 Å². The van der Waals surface area contributed by atoms with Crippen LogP contribution in [0.2, 0.25) is 0 Å². The van der Waals surface area contributed by atoms with Crippen LogP contribution in [0.4, 0.5) is 0 Å². The van der Waals surface area contributed by atoms with Crippen molar-refractivity contribution in [3.05, 3.63) is 42.2 Å². The van der Waals surface area contributed by atoms with Crippen LogP contribution < -0.4 is 0 Å². The lowest BCUT2D eigenvalue weighted by Gasteiger charge is -2.22. The van der Waals surface area contributed by atoms with Crippen molar-refractivity contribution in [3.63, 3.8) is 0 Å². The molecule has 2 aromatic rings. The second kappa shape index (κ2) is 6.95. The minimum Gasteiger partial charge on any atom is -0.481 e. The topological polar surface area (TPSA) is 102 Å². The van der Waals surface area contributed by atoms with Crippen LogP contribution in [0, 0.1) is 12.8 Å². The van der Waals surface area contributed by atoms with E-state index in [1.54, 1.807) is 48.3 Å². The number of ether oxygens (including phenoxy) is 1. The van der Waals surface area contributed by atoms with Gasteiger partial charge >= 0.3 is 5.97 Å². The fourth-order valence-electron chi connectivity index (χ4n) is 2.72. The van der Waals surface area contributed by atoms with E-state index in [1.807, 2.05) is 0 Å². The highest BCUT2D eigenvalue weighted by Gasteiger charge is 2.33. The maximum atomic E-state index is 13.1. The second-order valence-electron chi connectivity index (χ2n) is 5.87. The molecular weight excluding hydrogens is 346 g/mol. The number of aromatic nitrogens is 2. The Bertz CT molecular complexity index is 864. The van der Waals surface area contributed by atoms with Crippen LogP contribution in [0.25, 0.3) is 5.69 Å². The molecule has 1 aliphatic heterocycles. The highest BCUT2D eigenvalue weighted by atomic mass is 32.2. The number of nitrogens with zero attached hydrogens (tertiary/aromatic N) is 3. The van der Waals surface area contributed by atoms with Crippen molar-refractivity contribution in [1.82, 2.24) is 14.1 Å². The lowest BCUT2D eigenvalue weighted by molar-refractivity contribution is -0.143. The molecule has 1 saturated heterocycles. The fourth-order valence-corrected chi connectivity index (χ4v) is 4.43. The first-order valence-corrected chi connectivity index (χ1v) is 9.25. The van der Waals surface area contributed by atoms with Gasteiger partial charge in [0.15, 0.2) is 0 Å². The van der Waals surface area contributed by atoms with Crippen molar-refractivity contribution in [2.24, 2.45) is 5.92 Å². The monoisotopic (exact) mass is 365 g/mol. The number of benzene rings is 1. The molecule has 1 aromatic carbocycles. The Balaban J connectivity index is 1.98. The molecule has 8 nitrogen and oxygen atoms in total. The van der Waals surface area contributed by atoms with Gasteiger partial charge < -0.3 is 9.84 Å². The van der Waals surface area contributed by atoms with Crippen LogP contribution in [-0.4, -0.2) is 59.9 Å². The average molecular weight is 365 g/mol. The van der Waals surface area contributed by atoms with Crippen molar-refractivity contribution in [2.75, 3.05) is 26.3 Å². The predicted molar refractivity (Wildman–Crippen MR) is 89.0 cm³/mol. The van der Waals surface area contributed by atoms with E-state index in [9.17, 15) is 18.3 Å². The van der Waals surface area contributed by atoms with Gasteiger partial charge in [0.05, 0.1) is 29.7 Å². The second-order valence-corrected chi connectivity index (χ2v) is 7.78. The Morgan fingerprint density at radius 1 is 1.40 bits per heavy atom. The van der Waals surface area contributed by atoms with Crippen LogP contribution in [0.5, 0.6) is 0 Å². The SMILES string of the molecule is Cc1ccc(-n2cccn2)cc1S(=O)(=O)N1CCOCC(C(=O)O)C1. The highest BCUT2D eigenvalue weighted by molar-refractivity contribution is 7.89. The van der Waals surface area contributed by atoms with Crippen LogP contribution in [-0.2, 0) is 19.6 Å². The van der Waals surface area contributed by atoms with Crippen LogP contribution in [0.15, 0.2) is 41.6 Å². The zero-order valence-corrected chi connectivity index (χ0v) is 14.5. The highest BCUT2D eigenvalue weighted by Crippen LogP contribution is 2.24. The largest absolute Gasteiger partial charge is 0.481 e. The van der Waals surface area contributed by atoms with Gasteiger partial charge in [-0.3, -0.25) is 4.79 Å². The fraction of sp³-hybridized carbons (Fsp3) is 0.375. The summed E-state index contributed by atoms with van der Waals surface area (Å²) in [5.74, 6) is -1.95. The first-order valence-electron chi connectivity index (χ1n) is 7.81. The molecule has 1 N–H and O–H groups in total. The third kappa shape index (κ3) is 3.58. The quantitative estimate of drug-likeness (QED) is 0.864. The summed E-state index contributed by atoms with van der Waals surface area (Å²) in [5, 5.41) is 13.3. The number of hydrogen-bond acceptors (Lipinski definition) is 5. The summed E-state index contributed by atoms with van der Waals surface area (Å²) >= 11 is 0. The van der Waals surface area contributed by atoms with E-state index in [2.05, 4.69) is 5.10 Å². The predicted octanol–water partition coefficient (Wildman–Crippen LogP) is 0.902. The summed E-state index contributed by atoms with van der Waals surface area (Å²) in [7, 11) is -3.85. The van der Waals surface area contributed by atoms with E-state index in [0.717, 1.165) is 0 Å². The summed E-state index contributed by atoms with van der Waals surface area (Å²) < 4.78 is 34.2. The molecule has 0 amide bonds. The third-order valence-corrected chi connectivity index (χ3v) is 6.14. The Morgan fingerprint density at radius 2 is 2.20 bits per heavy atom. The summed E-state index contributed by atoms with van der Waals surface area (Å²) in [6.45, 7) is 1.90. The molecule has 1 fully saturated rings. The van der Waals surface area contributed by atoms with Gasteiger partial charge in [0.25, 0.3) is 0 Å². The Morgan fingerprint density at radius 3 is 2.88 bits per heavy atom. The summed E-state index contributed by atoms with van der Waals surface area (Å²) in [4.78, 5) is 11.4. The lowest BCUT2D eigenvalue weighted by atomic mass is 10.2. The summed E-state index contributed by atoms with van der Waals surface area (Å²) in [6, 6.07) is 6.80. The normalized spacial score (nSPS) is 19.5. The third-order valence-electron chi connectivity index (χ3n) is 4.14. The molecule has 0 radical (unpaired) electrons. The van der Waals surface area contributed by atoms with Crippen molar-refractivity contribution < 1.29 is 23.1 Å². The van der Waals surface area contributed by atoms with Gasteiger partial charge in [-0.2, -0.15) is 9.40 Å². The summed E-state index contributed by atoms with van der Waals surface area (Å²) in [5.41, 5.74) is 1.21. The molecular formula is C16H19N3O5S. The van der Waals surface area contributed by atoms with E-state index in [-0.39, 0.29) is 31.2 Å². The van der Waals surface area contributed by atoms with Gasteiger partial charge in [-0.05, 0) is 30.7 Å². The van der Waals surface area contributed by atoms with Gasteiger partial charge in [0.2, 0.25) is 10.0 Å². The number of carboxylic acids is 1. The number of carbonyl (C=O) groups is 1. The minimum absolute atomic E-state index is 0.00760. The van der Waals surface area contributed by atoms with Gasteiger partial charge in [-0.15, -0.1) is 0 Å². The molecule has 0 saturated carbocycles. The number of sulfonamides is 1. The zero-order chi connectivity index (χ0) is 18.0. The van der Waals surface area contributed by atoms with E-state index in [0.29, 0.717) is 11.3 Å². The Hall–Kier alpha value is -2.23. The van der Waals surface area contributed by atoms with Crippen molar-refractivity contribution >= 4 is 16.0 Å². The first-order chi connectivity index (χ1) is 11.9. The molecule has 9 heteroatoms. The molecule has 1 unspecified atom stereocenters. The van der Waals surface area contributed by atoms with Gasteiger partial charge in [0.1, 0.15) is 0 Å². The van der Waals surface area contributed by atoms with E-state index >= 15 is 0 Å². The molecule has 1 aromatic heterocycles. The molecule has 2 heterocycles. The van der Waals surface area contributed by atoms with E-state index in [1.165, 1.54) is 4.31 Å². The Labute approximate surface area is 145 Å². The standard InChI is InChI=1S/C16H19N3O5S/c1-12-3-4-14(19-6-2-5-17-19)9-15(12)25(22,23)18-7-8-24-11-13(10-18)16(20)21/h2-6,9,13H,7-8,10-11H2,1H3,(H,20,21). The number of aryl methyl sites for hydroxylation is 1. The van der Waals surface area contributed by atoms with Crippen LogP contribution in [0.1, 0.15) is 5.56 Å². The van der Waals surface area contributed by atoms with Gasteiger partial charge in [0, 0.05) is 25.5 Å². The number of aliphatic carboxylic acids is 1. The molecule has 0 spiro atoms. The molecule has 25 heavy (non-hydrogen) atoms. The van der Waals surface area contributed by atoms with Crippen LogP contribution in [0.3, 0.4) is 0 Å². The molecule has 0 aliphatic carbocycles. The lowest BCUT2D eigenvalue weighted by Crippen LogP contribution is -2.38. The van der Waals surface area contributed by atoms with E-state index in [4.69, 9.17) is 4.74 Å². The average Bonchev–Trinajstić information content (AvgIpc) is 2.98. The smallest absolute Gasteiger partial charge is 0.310 e. The molecule has 134 valence electrons. The van der Waals surface area contributed by atoms with Gasteiger partial charge in [-0.25, -0.2) is 13.1 Å². The number of rotatable bonds is 4. The number of hydrogen-bond donors (Lipinski definition) is 1. The maximum absolute atomic E-state index is 13.1. The molecule has 1 atom stereocenters. The summed E-state index contributed by atoms with van der Waals surface area (Å²) in [6.07, 6.45) is 3.33. The van der Waals surface area contributed by atoms with Gasteiger partial charge in [-0.1, -0.05) is 6.07 Å². The van der Waals surface area contributed by atoms with Crippen molar-refractivity contribution in [2.45, 2.75) is 11.8 Å². The molecule has 0 bridgehead atoms. The van der Waals surface area contributed by atoms with E-state index < -0.39 is 21.9 Å². The Kier molecular flexibility index (Phi) is 4.89. The van der Waals surface area contributed by atoms with Crippen LogP contribution >= 0.6 is 0 Å². The zero-order valence-electron chi connectivity index (χ0n) is 13.7. The first kappa shape index (κ1) is 17.6. The maximum Gasteiger partial charge on any atom is 0.310 e.